The van der Waals surface area contributed by atoms with E-state index in [0.717, 1.165) is 6.42 Å². The van der Waals surface area contributed by atoms with Gasteiger partial charge in [-0.05, 0) is 50.2 Å². The van der Waals surface area contributed by atoms with Gasteiger partial charge in [-0.2, -0.15) is 0 Å². The Morgan fingerprint density at radius 3 is 1.87 bits per heavy atom. The fourth-order valence-corrected chi connectivity index (χ4v) is 1.68. The maximum atomic E-state index is 5.29. The average Bonchev–Trinajstić information content (AvgIpc) is 2.30. The zero-order valence-electron chi connectivity index (χ0n) is 10.00. The Morgan fingerprint density at radius 2 is 1.53 bits per heavy atom. The molecule has 0 spiro atoms. The fourth-order valence-electron chi connectivity index (χ4n) is 1.68. The first-order valence-electron chi connectivity index (χ1n) is 6.06. The van der Waals surface area contributed by atoms with Crippen LogP contribution >= 0.6 is 0 Å². The van der Waals surface area contributed by atoms with Crippen molar-refractivity contribution in [3.8, 4) is 0 Å². The van der Waals surface area contributed by atoms with E-state index in [4.69, 9.17) is 5.73 Å². The van der Waals surface area contributed by atoms with Crippen LogP contribution < -0.4 is 5.73 Å². The predicted octanol–water partition coefficient (Wildman–Crippen LogP) is 3.31. The minimum absolute atomic E-state index is 0.384. The van der Waals surface area contributed by atoms with E-state index in [2.05, 4.69) is 31.2 Å². The summed E-state index contributed by atoms with van der Waals surface area (Å²) in [6.45, 7) is 4.07. The molecule has 0 heterocycles. The summed E-state index contributed by atoms with van der Waals surface area (Å²) in [5.74, 6) is 0. The molecule has 0 bridgehead atoms. The molecule has 1 atom stereocenters. The topological polar surface area (TPSA) is 26.0 Å². The first kappa shape index (κ1) is 12.3. The number of nitrogens with two attached hydrogens (primary N) is 1. The van der Waals surface area contributed by atoms with Crippen LogP contribution in [-0.2, 0) is 12.8 Å². The van der Waals surface area contributed by atoms with Gasteiger partial charge in [0.2, 0.25) is 0 Å². The van der Waals surface area contributed by atoms with E-state index in [-0.39, 0.29) is 0 Å². The number of hydrogen-bond acceptors (Lipinski definition) is 1. The van der Waals surface area contributed by atoms with Crippen LogP contribution in [0, 0.1) is 0 Å². The van der Waals surface area contributed by atoms with Crippen LogP contribution in [0.1, 0.15) is 44.2 Å². The van der Waals surface area contributed by atoms with Crippen molar-refractivity contribution in [1.29, 1.82) is 0 Å². The molecule has 1 heteroatoms. The van der Waals surface area contributed by atoms with Gasteiger partial charge in [-0.3, -0.25) is 0 Å². The van der Waals surface area contributed by atoms with Gasteiger partial charge < -0.3 is 5.73 Å². The van der Waals surface area contributed by atoms with Gasteiger partial charge in [-0.25, -0.2) is 0 Å². The molecule has 1 aliphatic rings. The number of hydrogen-bond donors (Lipinski definition) is 1. The molecule has 2 rings (SSSR count). The molecule has 1 unspecified atom stereocenters. The van der Waals surface area contributed by atoms with Gasteiger partial charge >= 0.3 is 0 Å². The fraction of sp³-hybridized carbons (Fsp3) is 0.571. The van der Waals surface area contributed by atoms with Gasteiger partial charge in [0.25, 0.3) is 0 Å². The summed E-state index contributed by atoms with van der Waals surface area (Å²) in [7, 11) is 0. The minimum Gasteiger partial charge on any atom is -0.328 e. The average molecular weight is 205 g/mol. The molecule has 0 aromatic heterocycles. The first-order valence-corrected chi connectivity index (χ1v) is 6.06. The third kappa shape index (κ3) is 4.48. The smallest absolute Gasteiger partial charge is 0.000781 e. The zero-order valence-corrected chi connectivity index (χ0v) is 10.00. The first-order chi connectivity index (χ1) is 7.24. The highest BCUT2D eigenvalue weighted by Gasteiger charge is 2.05. The molecule has 1 aliphatic carbocycles. The van der Waals surface area contributed by atoms with E-state index < -0.39 is 0 Å². The van der Waals surface area contributed by atoms with E-state index in [1.165, 1.54) is 25.7 Å². The van der Waals surface area contributed by atoms with E-state index in [1.807, 2.05) is 6.92 Å². The molecule has 0 radical (unpaired) electrons. The van der Waals surface area contributed by atoms with Crippen molar-refractivity contribution in [3.63, 3.8) is 0 Å². The van der Waals surface area contributed by atoms with Crippen molar-refractivity contribution < 1.29 is 0 Å². The van der Waals surface area contributed by atoms with Crippen molar-refractivity contribution in [3.05, 3.63) is 35.4 Å². The summed E-state index contributed by atoms with van der Waals surface area (Å²) in [6, 6.07) is 9.19. The molecule has 2 N–H and O–H groups in total. The summed E-state index contributed by atoms with van der Waals surface area (Å²) in [6.07, 6.45) is 6.46. The molecule has 0 saturated carbocycles. The van der Waals surface area contributed by atoms with Crippen molar-refractivity contribution in [1.82, 2.24) is 0 Å². The Bertz CT molecular complexity index is 253. The lowest BCUT2D eigenvalue weighted by atomic mass is 9.92. The van der Waals surface area contributed by atoms with Crippen LogP contribution in [0.15, 0.2) is 24.3 Å². The van der Waals surface area contributed by atoms with Gasteiger partial charge in [0.15, 0.2) is 0 Å². The van der Waals surface area contributed by atoms with E-state index >= 15 is 0 Å². The van der Waals surface area contributed by atoms with Gasteiger partial charge in [-0.1, -0.05) is 31.2 Å². The summed E-state index contributed by atoms with van der Waals surface area (Å²) in [4.78, 5) is 0. The van der Waals surface area contributed by atoms with Crippen molar-refractivity contribution in [2.24, 2.45) is 5.73 Å². The summed E-state index contributed by atoms with van der Waals surface area (Å²) < 4.78 is 0. The second-order valence-corrected chi connectivity index (χ2v) is 4.36. The molecule has 15 heavy (non-hydrogen) atoms. The third-order valence-electron chi connectivity index (χ3n) is 2.90. The van der Waals surface area contributed by atoms with Crippen LogP contribution in [-0.4, -0.2) is 6.04 Å². The van der Waals surface area contributed by atoms with Gasteiger partial charge in [-0.15, -0.1) is 0 Å². The van der Waals surface area contributed by atoms with E-state index in [1.54, 1.807) is 11.1 Å². The van der Waals surface area contributed by atoms with Gasteiger partial charge in [0.05, 0.1) is 0 Å². The van der Waals surface area contributed by atoms with Crippen LogP contribution in [0.3, 0.4) is 0 Å². The molecular formula is C14H23N. The largest absolute Gasteiger partial charge is 0.328 e. The molecule has 0 amide bonds. The van der Waals surface area contributed by atoms with Gasteiger partial charge in [0.1, 0.15) is 0 Å². The van der Waals surface area contributed by atoms with Crippen molar-refractivity contribution in [2.75, 3.05) is 0 Å². The molecular weight excluding hydrogens is 182 g/mol. The highest BCUT2D eigenvalue weighted by atomic mass is 14.6. The quantitative estimate of drug-likeness (QED) is 0.748. The number of rotatable bonds is 1. The maximum Gasteiger partial charge on any atom is 0.000781 e. The Hall–Kier alpha value is -0.820. The van der Waals surface area contributed by atoms with Crippen LogP contribution in [0.5, 0.6) is 0 Å². The van der Waals surface area contributed by atoms with Crippen LogP contribution in [0.25, 0.3) is 0 Å². The molecule has 1 aromatic rings. The molecule has 1 aromatic carbocycles. The Morgan fingerprint density at radius 1 is 1.13 bits per heavy atom. The molecule has 1 nitrogen and oxygen atoms in total. The van der Waals surface area contributed by atoms with Crippen molar-refractivity contribution in [2.45, 2.75) is 52.0 Å². The molecule has 0 fully saturated rings. The van der Waals surface area contributed by atoms with Gasteiger partial charge in [0, 0.05) is 6.04 Å². The van der Waals surface area contributed by atoms with E-state index in [9.17, 15) is 0 Å². The highest BCUT2D eigenvalue weighted by Crippen LogP contribution is 2.19. The monoisotopic (exact) mass is 205 g/mol. The summed E-state index contributed by atoms with van der Waals surface area (Å²) in [5, 5.41) is 0. The molecule has 0 saturated heterocycles. The number of fused-ring (bicyclic) bond motifs is 1. The second kappa shape index (κ2) is 6.62. The minimum atomic E-state index is 0.384. The lowest BCUT2D eigenvalue weighted by Crippen LogP contribution is -2.11. The molecule has 84 valence electrons. The Labute approximate surface area is 93.7 Å². The SMILES string of the molecule is CCC(C)N.c1ccc2c(c1)CCCC2. The lowest BCUT2D eigenvalue weighted by Gasteiger charge is -2.13. The zero-order chi connectivity index (χ0) is 11.1. The van der Waals surface area contributed by atoms with Crippen LogP contribution in [0.4, 0.5) is 0 Å². The number of aryl methyl sites for hydroxylation is 2. The van der Waals surface area contributed by atoms with Crippen LogP contribution in [0.2, 0.25) is 0 Å². The Kier molecular flexibility index (Phi) is 5.41. The maximum absolute atomic E-state index is 5.29. The summed E-state index contributed by atoms with van der Waals surface area (Å²) in [5.41, 5.74) is 8.45. The molecule has 0 aliphatic heterocycles. The number of benzene rings is 1. The van der Waals surface area contributed by atoms with Crippen molar-refractivity contribution >= 4 is 0 Å². The second-order valence-electron chi connectivity index (χ2n) is 4.36. The van der Waals surface area contributed by atoms with E-state index in [0.29, 0.717) is 6.04 Å². The Balaban J connectivity index is 0.000000195. The predicted molar refractivity (Wildman–Crippen MR) is 67.0 cm³/mol. The standard InChI is InChI=1S/C10H12.C4H11N/c1-2-6-10-8-4-3-7-9(10)5-1;1-3-4(2)5/h1-2,5-6H,3-4,7-8H2;4H,3,5H2,1-2H3. The normalized spacial score (nSPS) is 15.9. The lowest BCUT2D eigenvalue weighted by molar-refractivity contribution is 0.685. The third-order valence-corrected chi connectivity index (χ3v) is 2.90. The highest BCUT2D eigenvalue weighted by molar-refractivity contribution is 5.28. The summed E-state index contributed by atoms with van der Waals surface area (Å²) >= 11 is 0.